The van der Waals surface area contributed by atoms with E-state index < -0.39 is 0 Å². The molecule has 1 heterocycles. The summed E-state index contributed by atoms with van der Waals surface area (Å²) in [4.78, 5) is 15.9. The van der Waals surface area contributed by atoms with Gasteiger partial charge in [-0.15, -0.1) is 0 Å². The maximum absolute atomic E-state index is 11.9. The van der Waals surface area contributed by atoms with Crippen LogP contribution in [0.3, 0.4) is 0 Å². The molecule has 0 radical (unpaired) electrons. The molecule has 2 aromatic carbocycles. The molecule has 3 rings (SSSR count). The third-order valence-corrected chi connectivity index (χ3v) is 3.77. The molecule has 0 unspecified atom stereocenters. The lowest BCUT2D eigenvalue weighted by atomic mass is 10.2. The summed E-state index contributed by atoms with van der Waals surface area (Å²) < 4.78 is 5.75. The number of nitrogens with zero attached hydrogens (tertiary/aromatic N) is 1. The van der Waals surface area contributed by atoms with E-state index in [-0.39, 0.29) is 12.5 Å². The summed E-state index contributed by atoms with van der Waals surface area (Å²) in [5.41, 5.74) is 2.97. The van der Waals surface area contributed by atoms with Crippen LogP contribution in [0.25, 0.3) is 0 Å². The Labute approximate surface area is 153 Å². The van der Waals surface area contributed by atoms with Crippen molar-refractivity contribution in [2.75, 3.05) is 11.9 Å². The van der Waals surface area contributed by atoms with Crippen molar-refractivity contribution in [3.8, 4) is 5.75 Å². The Morgan fingerprint density at radius 1 is 0.923 bits per heavy atom. The number of pyridine rings is 1. The highest BCUT2D eigenvalue weighted by Gasteiger charge is 2.02. The number of hydrogen-bond acceptors (Lipinski definition) is 4. The van der Waals surface area contributed by atoms with Gasteiger partial charge in [-0.2, -0.15) is 0 Å². The summed E-state index contributed by atoms with van der Waals surface area (Å²) in [6, 6.07) is 21.4. The van der Waals surface area contributed by atoms with Crippen molar-refractivity contribution >= 4 is 11.6 Å². The number of benzene rings is 2. The topological polar surface area (TPSA) is 63.2 Å². The van der Waals surface area contributed by atoms with Gasteiger partial charge in [0.15, 0.2) is 0 Å². The monoisotopic (exact) mass is 347 g/mol. The van der Waals surface area contributed by atoms with Crippen LogP contribution < -0.4 is 15.4 Å². The predicted octanol–water partition coefficient (Wildman–Crippen LogP) is 3.39. The van der Waals surface area contributed by atoms with Crippen LogP contribution >= 0.6 is 0 Å². The van der Waals surface area contributed by atoms with Gasteiger partial charge in [0.25, 0.3) is 0 Å². The number of carbonyl (C=O) groups is 1. The average molecular weight is 347 g/mol. The zero-order valence-electron chi connectivity index (χ0n) is 14.4. The van der Waals surface area contributed by atoms with E-state index in [4.69, 9.17) is 4.74 Å². The van der Waals surface area contributed by atoms with Crippen molar-refractivity contribution in [1.29, 1.82) is 0 Å². The van der Waals surface area contributed by atoms with Crippen molar-refractivity contribution in [3.05, 3.63) is 90.3 Å². The van der Waals surface area contributed by atoms with Crippen LogP contribution in [-0.2, 0) is 17.9 Å². The van der Waals surface area contributed by atoms with Crippen molar-refractivity contribution in [3.63, 3.8) is 0 Å². The van der Waals surface area contributed by atoms with Crippen LogP contribution in [0, 0.1) is 0 Å². The van der Waals surface area contributed by atoms with Gasteiger partial charge >= 0.3 is 0 Å². The van der Waals surface area contributed by atoms with E-state index in [1.807, 2.05) is 66.7 Å². The number of ether oxygens (including phenoxy) is 1. The predicted molar refractivity (Wildman–Crippen MR) is 102 cm³/mol. The van der Waals surface area contributed by atoms with Gasteiger partial charge in [0.2, 0.25) is 5.91 Å². The molecule has 3 aromatic rings. The second-order valence-corrected chi connectivity index (χ2v) is 5.79. The Balaban J connectivity index is 1.40. The molecule has 1 aromatic heterocycles. The minimum atomic E-state index is -0.0711. The summed E-state index contributed by atoms with van der Waals surface area (Å²) >= 11 is 0. The van der Waals surface area contributed by atoms with Crippen molar-refractivity contribution in [2.45, 2.75) is 13.2 Å². The zero-order valence-corrected chi connectivity index (χ0v) is 14.4. The van der Waals surface area contributed by atoms with E-state index in [0.717, 1.165) is 22.6 Å². The molecule has 0 fully saturated rings. The molecule has 0 aliphatic heterocycles. The van der Waals surface area contributed by atoms with Gasteiger partial charge in [-0.1, -0.05) is 36.4 Å². The first kappa shape index (κ1) is 17.5. The Morgan fingerprint density at radius 2 is 1.69 bits per heavy atom. The van der Waals surface area contributed by atoms with Gasteiger partial charge in [-0.25, -0.2) is 0 Å². The van der Waals surface area contributed by atoms with Crippen LogP contribution in [0.2, 0.25) is 0 Å². The summed E-state index contributed by atoms with van der Waals surface area (Å²) in [6.07, 6.45) is 3.45. The molecule has 2 N–H and O–H groups in total. The molecule has 0 bridgehead atoms. The Bertz CT molecular complexity index is 806. The molecule has 5 heteroatoms. The van der Waals surface area contributed by atoms with Crippen LogP contribution in [0.15, 0.2) is 79.1 Å². The van der Waals surface area contributed by atoms with Gasteiger partial charge in [0, 0.05) is 24.6 Å². The fourth-order valence-corrected chi connectivity index (χ4v) is 2.36. The third kappa shape index (κ3) is 5.63. The number of carbonyl (C=O) groups excluding carboxylic acids is 1. The zero-order chi connectivity index (χ0) is 18.0. The summed E-state index contributed by atoms with van der Waals surface area (Å²) in [5, 5.41) is 5.95. The van der Waals surface area contributed by atoms with Gasteiger partial charge in [-0.3, -0.25) is 9.78 Å². The smallest absolute Gasteiger partial charge is 0.239 e. The van der Waals surface area contributed by atoms with E-state index >= 15 is 0 Å². The molecule has 1 amide bonds. The minimum Gasteiger partial charge on any atom is -0.489 e. The van der Waals surface area contributed by atoms with Crippen molar-refractivity contribution in [2.24, 2.45) is 0 Å². The number of amides is 1. The second kappa shape index (κ2) is 9.22. The van der Waals surface area contributed by atoms with Gasteiger partial charge in [-0.05, 0) is 41.5 Å². The fourth-order valence-electron chi connectivity index (χ4n) is 2.36. The lowest BCUT2D eigenvalue weighted by Gasteiger charge is -2.09. The summed E-state index contributed by atoms with van der Waals surface area (Å²) in [5.74, 6) is 0.721. The number of anilines is 1. The fraction of sp³-hybridized carbons (Fsp3) is 0.143. The highest BCUT2D eigenvalue weighted by molar-refractivity contribution is 5.80. The number of hydrogen-bond donors (Lipinski definition) is 2. The number of aromatic nitrogens is 1. The van der Waals surface area contributed by atoms with Crippen LogP contribution in [0.1, 0.15) is 11.1 Å². The number of rotatable bonds is 8. The van der Waals surface area contributed by atoms with E-state index in [9.17, 15) is 4.79 Å². The van der Waals surface area contributed by atoms with Crippen molar-refractivity contribution < 1.29 is 9.53 Å². The molecule has 132 valence electrons. The van der Waals surface area contributed by atoms with Crippen LogP contribution in [0.4, 0.5) is 5.69 Å². The molecule has 0 aliphatic rings. The van der Waals surface area contributed by atoms with Crippen molar-refractivity contribution in [1.82, 2.24) is 10.3 Å². The molecule has 0 spiro atoms. The van der Waals surface area contributed by atoms with Gasteiger partial charge in [0.1, 0.15) is 12.4 Å². The SMILES string of the molecule is O=C(CNc1ccc(OCc2ccccc2)cc1)NCc1cccnc1. The summed E-state index contributed by atoms with van der Waals surface area (Å²) in [7, 11) is 0. The number of nitrogens with one attached hydrogen (secondary N) is 2. The first-order valence-electron chi connectivity index (χ1n) is 8.46. The quantitative estimate of drug-likeness (QED) is 0.656. The van der Waals surface area contributed by atoms with E-state index in [1.54, 1.807) is 12.4 Å². The third-order valence-electron chi connectivity index (χ3n) is 3.77. The van der Waals surface area contributed by atoms with E-state index in [1.165, 1.54) is 0 Å². The van der Waals surface area contributed by atoms with Gasteiger partial charge < -0.3 is 15.4 Å². The Kier molecular flexibility index (Phi) is 6.20. The molecule has 0 atom stereocenters. The molecular formula is C21H21N3O2. The molecule has 0 aliphatic carbocycles. The Morgan fingerprint density at radius 3 is 2.42 bits per heavy atom. The van der Waals surface area contributed by atoms with E-state index in [2.05, 4.69) is 15.6 Å². The maximum Gasteiger partial charge on any atom is 0.239 e. The second-order valence-electron chi connectivity index (χ2n) is 5.79. The molecule has 0 saturated heterocycles. The first-order chi connectivity index (χ1) is 12.8. The average Bonchev–Trinajstić information content (AvgIpc) is 2.71. The van der Waals surface area contributed by atoms with Crippen LogP contribution in [-0.4, -0.2) is 17.4 Å². The highest BCUT2D eigenvalue weighted by atomic mass is 16.5. The summed E-state index contributed by atoms with van der Waals surface area (Å²) in [6.45, 7) is 1.22. The minimum absolute atomic E-state index is 0.0711. The molecule has 26 heavy (non-hydrogen) atoms. The lowest BCUT2D eigenvalue weighted by Crippen LogP contribution is -2.29. The lowest BCUT2D eigenvalue weighted by molar-refractivity contribution is -0.119. The first-order valence-corrected chi connectivity index (χ1v) is 8.46. The van der Waals surface area contributed by atoms with Crippen LogP contribution in [0.5, 0.6) is 5.75 Å². The largest absolute Gasteiger partial charge is 0.489 e. The Hall–Kier alpha value is -3.34. The molecule has 5 nitrogen and oxygen atoms in total. The van der Waals surface area contributed by atoms with Gasteiger partial charge in [0.05, 0.1) is 6.54 Å². The molecule has 0 saturated carbocycles. The van der Waals surface area contributed by atoms with E-state index in [0.29, 0.717) is 13.2 Å². The maximum atomic E-state index is 11.9. The molecular weight excluding hydrogens is 326 g/mol. The standard InChI is InChI=1S/C21H21N3O2/c25-21(24-14-18-7-4-12-22-13-18)15-23-19-8-10-20(11-9-19)26-16-17-5-2-1-3-6-17/h1-13,23H,14-16H2,(H,24,25). The normalized spacial score (nSPS) is 10.2. The highest BCUT2D eigenvalue weighted by Crippen LogP contribution is 2.16.